The number of likely N-dealkylation sites (tertiary alicyclic amines) is 1. The third kappa shape index (κ3) is 3.00. The fourth-order valence-electron chi connectivity index (χ4n) is 2.90. The molecule has 1 aromatic carbocycles. The van der Waals surface area contributed by atoms with Crippen molar-refractivity contribution in [2.75, 3.05) is 25.4 Å². The van der Waals surface area contributed by atoms with Crippen LogP contribution in [0.25, 0.3) is 0 Å². The number of nitrogens with two attached hydrogens (primary N) is 1. The number of nitrogen functional groups attached to an aromatic ring is 1. The van der Waals surface area contributed by atoms with Gasteiger partial charge in [-0.05, 0) is 43.9 Å². The second kappa shape index (κ2) is 5.60. The second-order valence-corrected chi connectivity index (χ2v) is 5.92. The zero-order valence-corrected chi connectivity index (χ0v) is 11.7. The minimum atomic E-state index is -0.987. The summed E-state index contributed by atoms with van der Waals surface area (Å²) in [5.74, 6) is -2.26. The molecule has 114 valence electrons. The minimum absolute atomic E-state index is 0.220. The van der Waals surface area contributed by atoms with E-state index in [9.17, 15) is 13.6 Å². The molecule has 0 aromatic heterocycles. The van der Waals surface area contributed by atoms with Crippen LogP contribution >= 0.6 is 0 Å². The monoisotopic (exact) mass is 295 g/mol. The van der Waals surface area contributed by atoms with Gasteiger partial charge in [-0.1, -0.05) is 0 Å². The van der Waals surface area contributed by atoms with E-state index in [1.165, 1.54) is 12.8 Å². The zero-order chi connectivity index (χ0) is 15.0. The average Bonchev–Trinajstić information content (AvgIpc) is 3.20. The van der Waals surface area contributed by atoms with Gasteiger partial charge in [0.1, 0.15) is 11.4 Å². The molecule has 1 saturated carbocycles. The molecule has 3 N–H and O–H groups in total. The second-order valence-electron chi connectivity index (χ2n) is 5.92. The predicted octanol–water partition coefficient (Wildman–Crippen LogP) is 1.76. The number of nitrogens with zero attached hydrogens (tertiary/aromatic N) is 1. The van der Waals surface area contributed by atoms with Gasteiger partial charge in [0.2, 0.25) is 0 Å². The lowest BCUT2D eigenvalue weighted by Crippen LogP contribution is -2.32. The van der Waals surface area contributed by atoms with Crippen LogP contribution in [0.5, 0.6) is 0 Å². The van der Waals surface area contributed by atoms with E-state index in [1.807, 2.05) is 0 Å². The average molecular weight is 295 g/mol. The molecular weight excluding hydrogens is 276 g/mol. The number of hydrogen-bond acceptors (Lipinski definition) is 3. The van der Waals surface area contributed by atoms with Crippen molar-refractivity contribution in [3.8, 4) is 0 Å². The summed E-state index contributed by atoms with van der Waals surface area (Å²) in [4.78, 5) is 14.4. The van der Waals surface area contributed by atoms with Gasteiger partial charge in [0.15, 0.2) is 5.82 Å². The molecule has 6 heteroatoms. The van der Waals surface area contributed by atoms with Gasteiger partial charge in [-0.15, -0.1) is 0 Å². The van der Waals surface area contributed by atoms with Gasteiger partial charge in [-0.3, -0.25) is 4.79 Å². The highest BCUT2D eigenvalue weighted by Gasteiger charge is 2.34. The van der Waals surface area contributed by atoms with E-state index in [2.05, 4.69) is 10.2 Å². The molecular formula is C15H19F2N3O. The molecule has 1 aromatic rings. The first kappa shape index (κ1) is 14.3. The number of carbonyl (C=O) groups excluding carboxylic acids is 1. The van der Waals surface area contributed by atoms with Crippen molar-refractivity contribution >= 4 is 11.6 Å². The van der Waals surface area contributed by atoms with Crippen molar-refractivity contribution in [3.05, 3.63) is 29.3 Å². The molecule has 0 bridgehead atoms. The van der Waals surface area contributed by atoms with Gasteiger partial charge >= 0.3 is 0 Å². The van der Waals surface area contributed by atoms with E-state index in [-0.39, 0.29) is 5.69 Å². The molecule has 2 fully saturated rings. The maximum absolute atomic E-state index is 13.8. The lowest BCUT2D eigenvalue weighted by molar-refractivity contribution is 0.0939. The summed E-state index contributed by atoms with van der Waals surface area (Å²) in [7, 11) is 0. The summed E-state index contributed by atoms with van der Waals surface area (Å²) in [5.41, 5.74) is 4.56. The van der Waals surface area contributed by atoms with Gasteiger partial charge in [-0.25, -0.2) is 8.78 Å². The van der Waals surface area contributed by atoms with Crippen LogP contribution in [0, 0.1) is 17.6 Å². The maximum atomic E-state index is 13.8. The van der Waals surface area contributed by atoms with Gasteiger partial charge in [-0.2, -0.15) is 0 Å². The SMILES string of the molecule is Nc1ccc(F)c(C(=O)NCC2CCN(C3CC3)C2)c1F. The number of nitrogens with one attached hydrogen (secondary N) is 1. The number of hydrogen-bond donors (Lipinski definition) is 2. The Hall–Kier alpha value is -1.69. The van der Waals surface area contributed by atoms with Crippen molar-refractivity contribution in [1.82, 2.24) is 10.2 Å². The molecule has 3 rings (SSSR count). The van der Waals surface area contributed by atoms with Crippen molar-refractivity contribution in [2.45, 2.75) is 25.3 Å². The van der Waals surface area contributed by atoms with E-state index in [1.54, 1.807) is 0 Å². The summed E-state index contributed by atoms with van der Waals surface area (Å²) in [6.45, 7) is 2.44. The van der Waals surface area contributed by atoms with E-state index in [4.69, 9.17) is 5.73 Å². The Morgan fingerprint density at radius 2 is 2.10 bits per heavy atom. The smallest absolute Gasteiger partial charge is 0.257 e. The molecule has 1 amide bonds. The van der Waals surface area contributed by atoms with Crippen LogP contribution in [0.1, 0.15) is 29.6 Å². The number of halogens is 2. The third-order valence-electron chi connectivity index (χ3n) is 4.28. The van der Waals surface area contributed by atoms with Crippen molar-refractivity contribution in [1.29, 1.82) is 0 Å². The number of benzene rings is 1. The highest BCUT2D eigenvalue weighted by Crippen LogP contribution is 2.31. The molecule has 1 unspecified atom stereocenters. The Labute approximate surface area is 122 Å². The first-order chi connectivity index (χ1) is 10.1. The molecule has 1 aliphatic carbocycles. The van der Waals surface area contributed by atoms with E-state index in [0.29, 0.717) is 12.5 Å². The van der Waals surface area contributed by atoms with Gasteiger partial charge < -0.3 is 16.0 Å². The topological polar surface area (TPSA) is 58.4 Å². The first-order valence-corrected chi connectivity index (χ1v) is 7.32. The lowest BCUT2D eigenvalue weighted by Gasteiger charge is -2.15. The van der Waals surface area contributed by atoms with Gasteiger partial charge in [0, 0.05) is 19.1 Å². The summed E-state index contributed by atoms with van der Waals surface area (Å²) in [5, 5.41) is 2.63. The van der Waals surface area contributed by atoms with E-state index >= 15 is 0 Å². The van der Waals surface area contributed by atoms with E-state index < -0.39 is 23.1 Å². The summed E-state index contributed by atoms with van der Waals surface area (Å²) in [6, 6.07) is 2.85. The first-order valence-electron chi connectivity index (χ1n) is 7.32. The highest BCUT2D eigenvalue weighted by molar-refractivity contribution is 5.95. The Morgan fingerprint density at radius 3 is 2.81 bits per heavy atom. The molecule has 1 atom stereocenters. The van der Waals surface area contributed by atoms with Crippen LogP contribution in [-0.4, -0.2) is 36.5 Å². The van der Waals surface area contributed by atoms with Gasteiger partial charge in [0.25, 0.3) is 5.91 Å². The Bertz CT molecular complexity index is 560. The quantitative estimate of drug-likeness (QED) is 0.832. The molecule has 0 spiro atoms. The fraction of sp³-hybridized carbons (Fsp3) is 0.533. The highest BCUT2D eigenvalue weighted by atomic mass is 19.1. The predicted molar refractivity (Wildman–Crippen MR) is 75.8 cm³/mol. The van der Waals surface area contributed by atoms with Crippen molar-refractivity contribution in [3.63, 3.8) is 0 Å². The standard InChI is InChI=1S/C15H19F2N3O/c16-11-3-4-12(18)14(17)13(11)15(21)19-7-9-5-6-20(8-9)10-1-2-10/h3-4,9-10H,1-2,5-8,18H2,(H,19,21). The lowest BCUT2D eigenvalue weighted by atomic mass is 10.1. The van der Waals surface area contributed by atoms with Crippen LogP contribution in [0.4, 0.5) is 14.5 Å². The summed E-state index contributed by atoms with van der Waals surface area (Å²) in [6.07, 6.45) is 3.54. The Balaban J connectivity index is 1.58. The van der Waals surface area contributed by atoms with Crippen LogP contribution < -0.4 is 11.1 Å². The molecule has 2 aliphatic rings. The van der Waals surface area contributed by atoms with Crippen LogP contribution in [-0.2, 0) is 0 Å². The Morgan fingerprint density at radius 1 is 1.33 bits per heavy atom. The number of anilines is 1. The molecule has 0 radical (unpaired) electrons. The maximum Gasteiger partial charge on any atom is 0.257 e. The molecule has 4 nitrogen and oxygen atoms in total. The molecule has 21 heavy (non-hydrogen) atoms. The molecule has 1 heterocycles. The van der Waals surface area contributed by atoms with Gasteiger partial charge in [0.05, 0.1) is 5.69 Å². The normalized spacial score (nSPS) is 22.5. The van der Waals surface area contributed by atoms with Crippen LogP contribution in [0.2, 0.25) is 0 Å². The number of rotatable bonds is 4. The number of carbonyl (C=O) groups is 1. The van der Waals surface area contributed by atoms with Crippen LogP contribution in [0.3, 0.4) is 0 Å². The number of amides is 1. The summed E-state index contributed by atoms with van der Waals surface area (Å²) < 4.78 is 27.3. The zero-order valence-electron chi connectivity index (χ0n) is 11.7. The largest absolute Gasteiger partial charge is 0.396 e. The Kier molecular flexibility index (Phi) is 3.80. The van der Waals surface area contributed by atoms with Crippen LogP contribution in [0.15, 0.2) is 12.1 Å². The summed E-state index contributed by atoms with van der Waals surface area (Å²) >= 11 is 0. The van der Waals surface area contributed by atoms with E-state index in [0.717, 1.165) is 37.7 Å². The molecule has 1 aliphatic heterocycles. The fourth-order valence-corrected chi connectivity index (χ4v) is 2.90. The van der Waals surface area contributed by atoms with Crippen molar-refractivity contribution in [2.24, 2.45) is 5.92 Å². The molecule has 1 saturated heterocycles. The third-order valence-corrected chi connectivity index (χ3v) is 4.28. The van der Waals surface area contributed by atoms with Crippen molar-refractivity contribution < 1.29 is 13.6 Å². The minimum Gasteiger partial charge on any atom is -0.396 e.